The number of benzene rings is 2. The summed E-state index contributed by atoms with van der Waals surface area (Å²) >= 11 is 0. The van der Waals surface area contributed by atoms with E-state index in [4.69, 9.17) is 4.74 Å². The lowest BCUT2D eigenvalue weighted by Gasteiger charge is -2.32. The van der Waals surface area contributed by atoms with E-state index in [1.54, 1.807) is 0 Å². The Bertz CT molecular complexity index is 595. The number of likely N-dealkylation sites (N-methyl/N-ethyl adjacent to an activating group) is 1. The third kappa shape index (κ3) is 6.35. The molecule has 0 amide bonds. The number of unbranched alkanes of at least 4 members (excludes halogenated alkanes) is 1. The van der Waals surface area contributed by atoms with E-state index >= 15 is 0 Å². The smallest absolute Gasteiger partial charge is 0.119 e. The van der Waals surface area contributed by atoms with Crippen LogP contribution in [0.5, 0.6) is 5.75 Å². The molecule has 0 unspecified atom stereocenters. The minimum Gasteiger partial charge on any atom is -0.494 e. The Morgan fingerprint density at radius 3 is 2.12 bits per heavy atom. The number of rotatable bonds is 7. The van der Waals surface area contributed by atoms with Crippen molar-refractivity contribution in [3.05, 3.63) is 54.6 Å². The Morgan fingerprint density at radius 1 is 0.800 bits per heavy atom. The summed E-state index contributed by atoms with van der Waals surface area (Å²) < 4.78 is 5.88. The molecule has 2 aromatic rings. The summed E-state index contributed by atoms with van der Waals surface area (Å²) in [7, 11) is 2.20. The van der Waals surface area contributed by atoms with E-state index in [2.05, 4.69) is 65.4 Å². The Balaban J connectivity index is 0.00000225. The van der Waals surface area contributed by atoms with E-state index in [-0.39, 0.29) is 12.4 Å². The van der Waals surface area contributed by atoms with Crippen LogP contribution in [-0.4, -0.2) is 56.2 Å². The molecule has 1 heterocycles. The van der Waals surface area contributed by atoms with Crippen molar-refractivity contribution in [1.82, 2.24) is 9.80 Å². The van der Waals surface area contributed by atoms with Crippen LogP contribution in [0.4, 0.5) is 0 Å². The molecule has 0 aliphatic carbocycles. The molecule has 1 aliphatic rings. The predicted molar refractivity (Wildman–Crippen MR) is 108 cm³/mol. The van der Waals surface area contributed by atoms with E-state index in [1.807, 2.05) is 6.07 Å². The Hall–Kier alpha value is -1.55. The first-order valence-electron chi connectivity index (χ1n) is 9.00. The fraction of sp³-hybridized carbons (Fsp3) is 0.429. The number of nitrogens with zero attached hydrogens (tertiary/aromatic N) is 2. The molecule has 3 nitrogen and oxygen atoms in total. The van der Waals surface area contributed by atoms with Gasteiger partial charge in [-0.1, -0.05) is 42.5 Å². The van der Waals surface area contributed by atoms with Crippen molar-refractivity contribution in [2.45, 2.75) is 12.8 Å². The second-order valence-corrected chi connectivity index (χ2v) is 6.59. The molecule has 0 aromatic heterocycles. The highest BCUT2D eigenvalue weighted by molar-refractivity contribution is 5.85. The highest BCUT2D eigenvalue weighted by Gasteiger charge is 2.12. The minimum atomic E-state index is 0. The van der Waals surface area contributed by atoms with Gasteiger partial charge >= 0.3 is 0 Å². The molecular formula is C21H29ClN2O. The summed E-state index contributed by atoms with van der Waals surface area (Å²) in [6.45, 7) is 6.81. The lowest BCUT2D eigenvalue weighted by Crippen LogP contribution is -2.44. The maximum Gasteiger partial charge on any atom is 0.119 e. The van der Waals surface area contributed by atoms with Crippen molar-refractivity contribution in [3.8, 4) is 16.9 Å². The molecule has 1 saturated heterocycles. The highest BCUT2D eigenvalue weighted by atomic mass is 35.5. The molecule has 1 aliphatic heterocycles. The Labute approximate surface area is 158 Å². The normalized spacial score (nSPS) is 15.6. The van der Waals surface area contributed by atoms with Crippen molar-refractivity contribution >= 4 is 12.4 Å². The topological polar surface area (TPSA) is 15.7 Å². The summed E-state index contributed by atoms with van der Waals surface area (Å²) in [6.07, 6.45) is 2.33. The molecule has 3 rings (SSSR count). The first kappa shape index (κ1) is 19.8. The maximum atomic E-state index is 5.88. The first-order chi connectivity index (χ1) is 11.8. The van der Waals surface area contributed by atoms with Gasteiger partial charge in [0.05, 0.1) is 6.61 Å². The summed E-state index contributed by atoms with van der Waals surface area (Å²) in [6, 6.07) is 18.9. The quantitative estimate of drug-likeness (QED) is 0.689. The van der Waals surface area contributed by atoms with Crippen LogP contribution in [0.3, 0.4) is 0 Å². The number of ether oxygens (including phenoxy) is 1. The van der Waals surface area contributed by atoms with E-state index in [0.717, 1.165) is 18.8 Å². The highest BCUT2D eigenvalue weighted by Crippen LogP contribution is 2.22. The van der Waals surface area contributed by atoms with Gasteiger partial charge in [-0.05, 0) is 49.7 Å². The van der Waals surface area contributed by atoms with Crippen LogP contribution < -0.4 is 4.74 Å². The van der Waals surface area contributed by atoms with Crippen LogP contribution in [0.25, 0.3) is 11.1 Å². The molecule has 0 radical (unpaired) electrons. The van der Waals surface area contributed by atoms with Crippen molar-refractivity contribution in [2.75, 3.05) is 46.4 Å². The van der Waals surface area contributed by atoms with E-state index in [9.17, 15) is 0 Å². The third-order valence-electron chi connectivity index (χ3n) is 4.69. The fourth-order valence-electron chi connectivity index (χ4n) is 3.07. The lowest BCUT2D eigenvalue weighted by molar-refractivity contribution is 0.150. The second-order valence-electron chi connectivity index (χ2n) is 6.59. The largest absolute Gasteiger partial charge is 0.494 e. The maximum absolute atomic E-state index is 5.88. The zero-order valence-corrected chi connectivity index (χ0v) is 15.9. The molecule has 0 saturated carbocycles. The second kappa shape index (κ2) is 10.4. The van der Waals surface area contributed by atoms with Crippen LogP contribution in [0, 0.1) is 0 Å². The summed E-state index contributed by atoms with van der Waals surface area (Å²) in [5, 5.41) is 0. The van der Waals surface area contributed by atoms with Gasteiger partial charge in [0.25, 0.3) is 0 Å². The Kier molecular flexibility index (Phi) is 8.26. The molecule has 136 valence electrons. The summed E-state index contributed by atoms with van der Waals surface area (Å²) in [4.78, 5) is 4.97. The summed E-state index contributed by atoms with van der Waals surface area (Å²) in [5.74, 6) is 0.967. The predicted octanol–water partition coefficient (Wildman–Crippen LogP) is 4.18. The van der Waals surface area contributed by atoms with E-state index < -0.39 is 0 Å². The number of hydrogen-bond donors (Lipinski definition) is 0. The van der Waals surface area contributed by atoms with Gasteiger partial charge in [-0.25, -0.2) is 0 Å². The molecule has 1 fully saturated rings. The zero-order valence-electron chi connectivity index (χ0n) is 15.1. The van der Waals surface area contributed by atoms with Crippen LogP contribution in [0.2, 0.25) is 0 Å². The van der Waals surface area contributed by atoms with Gasteiger partial charge in [-0.2, -0.15) is 0 Å². The van der Waals surface area contributed by atoms with Gasteiger partial charge in [-0.15, -0.1) is 12.4 Å². The molecular weight excluding hydrogens is 332 g/mol. The Morgan fingerprint density at radius 2 is 1.44 bits per heavy atom. The SMILES string of the molecule is CN1CCN(CCCCOc2ccc(-c3ccccc3)cc2)CC1.Cl. The monoisotopic (exact) mass is 360 g/mol. The van der Waals surface area contributed by atoms with Gasteiger partial charge in [0, 0.05) is 26.2 Å². The van der Waals surface area contributed by atoms with Crippen molar-refractivity contribution < 1.29 is 4.74 Å². The number of piperazine rings is 1. The number of halogens is 1. The summed E-state index contributed by atoms with van der Waals surface area (Å²) in [5.41, 5.74) is 2.48. The molecule has 0 N–H and O–H groups in total. The molecule has 0 spiro atoms. The van der Waals surface area contributed by atoms with Gasteiger partial charge in [0.2, 0.25) is 0 Å². The fourth-order valence-corrected chi connectivity index (χ4v) is 3.07. The van der Waals surface area contributed by atoms with Crippen LogP contribution >= 0.6 is 12.4 Å². The zero-order chi connectivity index (χ0) is 16.6. The van der Waals surface area contributed by atoms with Crippen molar-refractivity contribution in [2.24, 2.45) is 0 Å². The van der Waals surface area contributed by atoms with Gasteiger partial charge in [-0.3, -0.25) is 0 Å². The van der Waals surface area contributed by atoms with Gasteiger partial charge < -0.3 is 14.5 Å². The van der Waals surface area contributed by atoms with Crippen LogP contribution in [0.15, 0.2) is 54.6 Å². The molecule has 4 heteroatoms. The standard InChI is InChI=1S/C21H28N2O.ClH/c1-22-14-16-23(17-15-22)13-5-6-18-24-21-11-9-20(10-12-21)19-7-3-2-4-8-19;/h2-4,7-12H,5-6,13-18H2,1H3;1H. The number of hydrogen-bond acceptors (Lipinski definition) is 3. The third-order valence-corrected chi connectivity index (χ3v) is 4.69. The average molecular weight is 361 g/mol. The molecule has 25 heavy (non-hydrogen) atoms. The lowest BCUT2D eigenvalue weighted by atomic mass is 10.1. The van der Waals surface area contributed by atoms with E-state index in [0.29, 0.717) is 0 Å². The van der Waals surface area contributed by atoms with Crippen LogP contribution in [-0.2, 0) is 0 Å². The van der Waals surface area contributed by atoms with Crippen molar-refractivity contribution in [3.63, 3.8) is 0 Å². The molecule has 0 atom stereocenters. The molecule has 0 bridgehead atoms. The van der Waals surface area contributed by atoms with Crippen molar-refractivity contribution in [1.29, 1.82) is 0 Å². The van der Waals surface area contributed by atoms with Gasteiger partial charge in [0.1, 0.15) is 5.75 Å². The first-order valence-corrected chi connectivity index (χ1v) is 9.00. The molecule has 2 aromatic carbocycles. The van der Waals surface area contributed by atoms with E-state index in [1.165, 1.54) is 50.3 Å². The minimum absolute atomic E-state index is 0. The average Bonchev–Trinajstić information content (AvgIpc) is 2.64. The van der Waals surface area contributed by atoms with Gasteiger partial charge in [0.15, 0.2) is 0 Å². The van der Waals surface area contributed by atoms with Crippen LogP contribution in [0.1, 0.15) is 12.8 Å².